The van der Waals surface area contributed by atoms with E-state index in [1.807, 2.05) is 23.5 Å². The van der Waals surface area contributed by atoms with Gasteiger partial charge in [0, 0.05) is 0 Å². The van der Waals surface area contributed by atoms with Gasteiger partial charge in [0.2, 0.25) is 0 Å². The fraction of sp³-hybridized carbons (Fsp3) is 1.00. The van der Waals surface area contributed by atoms with Gasteiger partial charge in [0.1, 0.15) is 0 Å². The second kappa shape index (κ2) is 3.17. The minimum atomic E-state index is 0.635. The molecule has 0 aromatic heterocycles. The van der Waals surface area contributed by atoms with Gasteiger partial charge >= 0.3 is 0 Å². The predicted molar refractivity (Wildman–Crippen MR) is 46.7 cm³/mol. The Bertz CT molecular complexity index is 72.0. The van der Waals surface area contributed by atoms with Crippen LogP contribution in [0, 0.1) is 0 Å². The van der Waals surface area contributed by atoms with Crippen LogP contribution >= 0.6 is 23.5 Å². The smallest absolute Gasteiger partial charge is 0.0522 e. The van der Waals surface area contributed by atoms with Crippen molar-refractivity contribution < 1.29 is 0 Å². The Morgan fingerprint density at radius 1 is 1.00 bits per heavy atom. The third kappa shape index (κ3) is 2.40. The summed E-state index contributed by atoms with van der Waals surface area (Å²) in [4.78, 5) is 0. The molecule has 0 aliphatic carbocycles. The second-order valence-corrected chi connectivity index (χ2v) is 5.96. The Labute approximate surface area is 65.4 Å². The fourth-order valence-electron chi connectivity index (χ4n) is 1.02. The summed E-state index contributed by atoms with van der Waals surface area (Å²) in [5.41, 5.74) is 0. The first kappa shape index (κ1) is 7.76. The molecule has 0 aromatic carbocycles. The molecule has 1 saturated heterocycles. The molecule has 54 valence electrons. The maximum absolute atomic E-state index is 3.44. The molecule has 1 aliphatic rings. The molecule has 0 unspecified atom stereocenters. The predicted octanol–water partition coefficient (Wildman–Crippen LogP) is 2.09. The van der Waals surface area contributed by atoms with Crippen molar-refractivity contribution in [1.29, 1.82) is 0 Å². The molecule has 0 aromatic rings. The minimum Gasteiger partial charge on any atom is -0.294 e. The summed E-state index contributed by atoms with van der Waals surface area (Å²) >= 11 is 3.99. The van der Waals surface area contributed by atoms with Crippen molar-refractivity contribution >= 4 is 23.5 Å². The van der Waals surface area contributed by atoms with Crippen LogP contribution in [0.5, 0.6) is 0 Å². The molecule has 0 saturated carbocycles. The van der Waals surface area contributed by atoms with Crippen LogP contribution in [0.1, 0.15) is 20.8 Å². The van der Waals surface area contributed by atoms with Gasteiger partial charge in [-0.2, -0.15) is 0 Å². The summed E-state index contributed by atoms with van der Waals surface area (Å²) in [6, 6.07) is 0. The van der Waals surface area contributed by atoms with Crippen molar-refractivity contribution in [2.75, 3.05) is 0 Å². The highest BCUT2D eigenvalue weighted by Gasteiger charge is 2.19. The zero-order valence-corrected chi connectivity index (χ0v) is 7.68. The average molecular weight is 163 g/mol. The highest BCUT2D eigenvalue weighted by molar-refractivity contribution is 8.18. The largest absolute Gasteiger partial charge is 0.294 e. The third-order valence-electron chi connectivity index (χ3n) is 1.26. The van der Waals surface area contributed by atoms with Crippen molar-refractivity contribution in [2.45, 2.75) is 36.1 Å². The zero-order chi connectivity index (χ0) is 6.85. The molecule has 0 radical (unpaired) electrons. The summed E-state index contributed by atoms with van der Waals surface area (Å²) in [6.45, 7) is 6.71. The minimum absolute atomic E-state index is 0.635. The van der Waals surface area contributed by atoms with Gasteiger partial charge in [0.15, 0.2) is 0 Å². The highest BCUT2D eigenvalue weighted by Crippen LogP contribution is 2.33. The Kier molecular flexibility index (Phi) is 2.73. The van der Waals surface area contributed by atoms with E-state index in [1.165, 1.54) is 0 Å². The van der Waals surface area contributed by atoms with Crippen molar-refractivity contribution in [1.82, 2.24) is 5.32 Å². The summed E-state index contributed by atoms with van der Waals surface area (Å²) in [7, 11) is 0. The van der Waals surface area contributed by atoms with Gasteiger partial charge in [0.05, 0.1) is 15.3 Å². The zero-order valence-electron chi connectivity index (χ0n) is 6.05. The maximum atomic E-state index is 3.44. The molecule has 3 heteroatoms. The van der Waals surface area contributed by atoms with E-state index in [0.29, 0.717) is 10.7 Å². The Morgan fingerprint density at radius 3 is 1.78 bits per heavy atom. The summed E-state index contributed by atoms with van der Waals surface area (Å²) in [6.07, 6.45) is 0. The lowest BCUT2D eigenvalue weighted by atomic mass is 10.6. The standard InChI is InChI=1S/C6H13NS2/c1-4-7-5(2)9-6(3)8-4/h4-7H,1-3H3/t4-,5-/m0/s1. The SMILES string of the molecule is CC1S[C@@H](C)N[C@H](C)S1. The van der Waals surface area contributed by atoms with Gasteiger partial charge in [-0.25, -0.2) is 0 Å². The highest BCUT2D eigenvalue weighted by atomic mass is 32.2. The van der Waals surface area contributed by atoms with Gasteiger partial charge < -0.3 is 0 Å². The molecule has 1 N–H and O–H groups in total. The topological polar surface area (TPSA) is 12.0 Å². The van der Waals surface area contributed by atoms with Crippen LogP contribution in [0.3, 0.4) is 0 Å². The van der Waals surface area contributed by atoms with E-state index in [9.17, 15) is 0 Å². The summed E-state index contributed by atoms with van der Waals surface area (Å²) in [5, 5.41) is 4.71. The van der Waals surface area contributed by atoms with Gasteiger partial charge in [-0.05, 0) is 20.8 Å². The monoisotopic (exact) mass is 163 g/mol. The van der Waals surface area contributed by atoms with Gasteiger partial charge in [-0.1, -0.05) is 0 Å². The first-order valence-corrected chi connectivity index (χ1v) is 5.14. The molecule has 1 fully saturated rings. The average Bonchev–Trinajstić information content (AvgIpc) is 1.59. The molecule has 1 rings (SSSR count). The lowest BCUT2D eigenvalue weighted by Crippen LogP contribution is -2.36. The van der Waals surface area contributed by atoms with Gasteiger partial charge in [-0.15, -0.1) is 23.5 Å². The van der Waals surface area contributed by atoms with Crippen LogP contribution in [0.4, 0.5) is 0 Å². The van der Waals surface area contributed by atoms with Crippen LogP contribution in [0.15, 0.2) is 0 Å². The molecule has 2 atom stereocenters. The van der Waals surface area contributed by atoms with Crippen molar-refractivity contribution in [2.24, 2.45) is 0 Å². The van der Waals surface area contributed by atoms with Crippen molar-refractivity contribution in [3.8, 4) is 0 Å². The van der Waals surface area contributed by atoms with E-state index in [1.54, 1.807) is 0 Å². The van der Waals surface area contributed by atoms with Crippen LogP contribution in [0.25, 0.3) is 0 Å². The van der Waals surface area contributed by atoms with Crippen LogP contribution in [0.2, 0.25) is 0 Å². The Hall–Kier alpha value is 0.660. The lowest BCUT2D eigenvalue weighted by Gasteiger charge is -2.29. The quantitative estimate of drug-likeness (QED) is 0.587. The molecule has 0 spiro atoms. The van der Waals surface area contributed by atoms with Crippen LogP contribution < -0.4 is 5.32 Å². The van der Waals surface area contributed by atoms with Gasteiger partial charge in [-0.3, -0.25) is 5.32 Å². The van der Waals surface area contributed by atoms with Crippen LogP contribution in [-0.4, -0.2) is 15.3 Å². The van der Waals surface area contributed by atoms with E-state index in [2.05, 4.69) is 26.1 Å². The molecule has 1 nitrogen and oxygen atoms in total. The molecule has 9 heavy (non-hydrogen) atoms. The van der Waals surface area contributed by atoms with E-state index >= 15 is 0 Å². The fourth-order valence-corrected chi connectivity index (χ4v) is 4.07. The van der Waals surface area contributed by atoms with E-state index in [0.717, 1.165) is 4.58 Å². The molecule has 1 heterocycles. The first-order chi connectivity index (χ1) is 4.18. The molecule has 0 bridgehead atoms. The number of rotatable bonds is 0. The second-order valence-electron chi connectivity index (χ2n) is 2.29. The summed E-state index contributed by atoms with van der Waals surface area (Å²) < 4.78 is 0.760. The molecule has 1 aliphatic heterocycles. The Balaban J connectivity index is 2.34. The number of thioether (sulfide) groups is 2. The van der Waals surface area contributed by atoms with E-state index in [4.69, 9.17) is 0 Å². The van der Waals surface area contributed by atoms with Crippen molar-refractivity contribution in [3.63, 3.8) is 0 Å². The third-order valence-corrected chi connectivity index (χ3v) is 3.78. The normalized spacial score (nSPS) is 45.0. The molecular formula is C6H13NS2. The molecular weight excluding hydrogens is 150 g/mol. The van der Waals surface area contributed by atoms with E-state index in [-0.39, 0.29) is 0 Å². The number of nitrogens with one attached hydrogen (secondary N) is 1. The van der Waals surface area contributed by atoms with Gasteiger partial charge in [0.25, 0.3) is 0 Å². The lowest BCUT2D eigenvalue weighted by molar-refractivity contribution is 0.674. The van der Waals surface area contributed by atoms with E-state index < -0.39 is 0 Å². The number of hydrogen-bond acceptors (Lipinski definition) is 3. The Morgan fingerprint density at radius 2 is 1.44 bits per heavy atom. The van der Waals surface area contributed by atoms with Crippen molar-refractivity contribution in [3.05, 3.63) is 0 Å². The maximum Gasteiger partial charge on any atom is 0.0522 e. The first-order valence-electron chi connectivity index (χ1n) is 3.25. The number of hydrogen-bond donors (Lipinski definition) is 1. The van der Waals surface area contributed by atoms with Crippen LogP contribution in [-0.2, 0) is 0 Å². The summed E-state index contributed by atoms with van der Waals surface area (Å²) in [5.74, 6) is 0. The molecule has 0 amide bonds.